The van der Waals surface area contributed by atoms with Gasteiger partial charge in [0.25, 0.3) is 0 Å². The molecule has 2 bridgehead atoms. The minimum absolute atomic E-state index is 0.0457. The maximum absolute atomic E-state index is 13.2. The molecule has 3 aliphatic rings. The average Bonchev–Trinajstić information content (AvgIpc) is 3.43. The molecule has 5 nitrogen and oxygen atoms in total. The molecule has 0 aromatic heterocycles. The number of rotatable bonds is 4. The van der Waals surface area contributed by atoms with Crippen molar-refractivity contribution in [3.05, 3.63) is 71.8 Å². The van der Waals surface area contributed by atoms with E-state index in [0.29, 0.717) is 17.4 Å². The fraction of sp³-hybridized carbons (Fsp3) is 0.304. The van der Waals surface area contributed by atoms with Crippen LogP contribution in [0.4, 0.5) is 0 Å². The second-order valence-corrected chi connectivity index (χ2v) is 7.48. The number of nitrogens with zero attached hydrogens (tertiary/aromatic N) is 1. The molecule has 28 heavy (non-hydrogen) atoms. The molecule has 0 N–H and O–H groups in total. The number of esters is 1. The van der Waals surface area contributed by atoms with Crippen LogP contribution in [-0.2, 0) is 9.53 Å². The normalized spacial score (nSPS) is 29.9. The molecule has 1 spiro atoms. The van der Waals surface area contributed by atoms with Crippen LogP contribution in [0.5, 0.6) is 11.5 Å². The molecule has 5 rings (SSSR count). The number of carbonyl (C=O) groups is 1. The Morgan fingerprint density at radius 1 is 1.04 bits per heavy atom. The van der Waals surface area contributed by atoms with Crippen molar-refractivity contribution in [2.45, 2.75) is 17.9 Å². The Kier molecular flexibility index (Phi) is 3.79. The van der Waals surface area contributed by atoms with Gasteiger partial charge in [0, 0.05) is 17.4 Å². The molecule has 2 aromatic rings. The van der Waals surface area contributed by atoms with Gasteiger partial charge in [-0.15, -0.1) is 0 Å². The third-order valence-corrected chi connectivity index (χ3v) is 6.17. The van der Waals surface area contributed by atoms with Gasteiger partial charge in [-0.2, -0.15) is 0 Å². The Labute approximate surface area is 163 Å². The first-order valence-corrected chi connectivity index (χ1v) is 9.45. The molecule has 0 radical (unpaired) electrons. The van der Waals surface area contributed by atoms with Crippen molar-refractivity contribution >= 4 is 11.9 Å². The Hall–Kier alpha value is -3.08. The summed E-state index contributed by atoms with van der Waals surface area (Å²) in [7, 11) is 3.23. The van der Waals surface area contributed by atoms with Crippen LogP contribution < -0.4 is 9.47 Å². The standard InChI is InChI=1S/C23H21NO4/c1-26-18-11-9-16(13-19(18)27-2)20-15-8-10-17(12-15)23(20)22(25)28-21(24-23)14-6-4-3-5-7-14/h3-11,13,15,17,20H,12H2,1-2H3/t15-,17+,20+,23+/m0/s1. The lowest BCUT2D eigenvalue weighted by atomic mass is 9.73. The minimum Gasteiger partial charge on any atom is -0.493 e. The highest BCUT2D eigenvalue weighted by Gasteiger charge is 2.65. The number of hydrogen-bond acceptors (Lipinski definition) is 5. The lowest BCUT2D eigenvalue weighted by Crippen LogP contribution is -2.44. The van der Waals surface area contributed by atoms with Crippen LogP contribution in [0, 0.1) is 11.8 Å². The summed E-state index contributed by atoms with van der Waals surface area (Å²) in [6, 6.07) is 15.5. The third kappa shape index (κ3) is 2.25. The number of hydrogen-bond donors (Lipinski definition) is 0. The molecule has 5 heteroatoms. The first-order chi connectivity index (χ1) is 13.7. The quantitative estimate of drug-likeness (QED) is 0.603. The smallest absolute Gasteiger partial charge is 0.342 e. The van der Waals surface area contributed by atoms with Gasteiger partial charge in [-0.25, -0.2) is 9.79 Å². The Balaban J connectivity index is 1.63. The van der Waals surface area contributed by atoms with Gasteiger partial charge in [0.15, 0.2) is 17.0 Å². The lowest BCUT2D eigenvalue weighted by molar-refractivity contribution is -0.140. The van der Waals surface area contributed by atoms with Crippen molar-refractivity contribution < 1.29 is 19.0 Å². The van der Waals surface area contributed by atoms with E-state index in [4.69, 9.17) is 19.2 Å². The third-order valence-electron chi connectivity index (χ3n) is 6.17. The fourth-order valence-electron chi connectivity index (χ4n) is 4.95. The van der Waals surface area contributed by atoms with E-state index < -0.39 is 5.54 Å². The van der Waals surface area contributed by atoms with Crippen LogP contribution in [0.3, 0.4) is 0 Å². The fourth-order valence-corrected chi connectivity index (χ4v) is 4.95. The van der Waals surface area contributed by atoms with Crippen molar-refractivity contribution in [1.82, 2.24) is 0 Å². The molecule has 2 aromatic carbocycles. The van der Waals surface area contributed by atoms with Gasteiger partial charge in [0.05, 0.1) is 14.2 Å². The molecule has 1 heterocycles. The zero-order valence-electron chi connectivity index (χ0n) is 15.8. The second-order valence-electron chi connectivity index (χ2n) is 7.48. The summed E-state index contributed by atoms with van der Waals surface area (Å²) >= 11 is 0. The van der Waals surface area contributed by atoms with E-state index in [9.17, 15) is 4.79 Å². The van der Waals surface area contributed by atoms with E-state index >= 15 is 0 Å². The number of benzene rings is 2. The van der Waals surface area contributed by atoms with Crippen LogP contribution in [0.2, 0.25) is 0 Å². The Morgan fingerprint density at radius 2 is 1.82 bits per heavy atom. The molecular weight excluding hydrogens is 354 g/mol. The average molecular weight is 375 g/mol. The predicted octanol–water partition coefficient (Wildman–Crippen LogP) is 3.74. The van der Waals surface area contributed by atoms with Crippen LogP contribution in [-0.4, -0.2) is 31.6 Å². The first kappa shape index (κ1) is 17.0. The summed E-state index contributed by atoms with van der Waals surface area (Å²) in [5.74, 6) is 1.68. The molecule has 2 aliphatic carbocycles. The maximum atomic E-state index is 13.2. The number of allylic oxidation sites excluding steroid dienone is 1. The van der Waals surface area contributed by atoms with Gasteiger partial charge < -0.3 is 14.2 Å². The molecule has 1 saturated carbocycles. The van der Waals surface area contributed by atoms with Gasteiger partial charge in [-0.3, -0.25) is 0 Å². The van der Waals surface area contributed by atoms with Crippen molar-refractivity contribution in [1.29, 1.82) is 0 Å². The second kappa shape index (κ2) is 6.23. The summed E-state index contributed by atoms with van der Waals surface area (Å²) in [6.45, 7) is 0. The monoisotopic (exact) mass is 375 g/mol. The molecular formula is C23H21NO4. The number of methoxy groups -OCH3 is 2. The van der Waals surface area contributed by atoms with Gasteiger partial charge in [0.1, 0.15) is 0 Å². The summed E-state index contributed by atoms with van der Waals surface area (Å²) in [6.07, 6.45) is 5.24. The summed E-state index contributed by atoms with van der Waals surface area (Å²) < 4.78 is 16.6. The van der Waals surface area contributed by atoms with E-state index in [1.165, 1.54) is 0 Å². The first-order valence-electron chi connectivity index (χ1n) is 9.45. The summed E-state index contributed by atoms with van der Waals surface area (Å²) in [4.78, 5) is 18.1. The number of aliphatic imine (C=N–C) groups is 1. The van der Waals surface area contributed by atoms with E-state index in [-0.39, 0.29) is 23.7 Å². The molecule has 1 aliphatic heterocycles. The molecule has 0 saturated heterocycles. The van der Waals surface area contributed by atoms with Gasteiger partial charge >= 0.3 is 5.97 Å². The van der Waals surface area contributed by atoms with E-state index in [2.05, 4.69) is 12.2 Å². The summed E-state index contributed by atoms with van der Waals surface area (Å²) in [5.41, 5.74) is 0.930. The van der Waals surface area contributed by atoms with E-state index in [1.54, 1.807) is 14.2 Å². The van der Waals surface area contributed by atoms with Crippen LogP contribution in [0.1, 0.15) is 23.5 Å². The van der Waals surface area contributed by atoms with Crippen LogP contribution in [0.15, 0.2) is 65.7 Å². The SMILES string of the molecule is COc1ccc([C@H]2[C@H]3C=C[C@H](C3)[C@@]23N=C(c2ccccc2)OC3=O)cc1OC. The Morgan fingerprint density at radius 3 is 2.57 bits per heavy atom. The maximum Gasteiger partial charge on any atom is 0.342 e. The molecule has 1 fully saturated rings. The van der Waals surface area contributed by atoms with E-state index in [1.807, 2.05) is 48.5 Å². The molecule has 142 valence electrons. The largest absolute Gasteiger partial charge is 0.493 e. The topological polar surface area (TPSA) is 57.1 Å². The Bertz CT molecular complexity index is 997. The molecule has 4 atom stereocenters. The summed E-state index contributed by atoms with van der Waals surface area (Å²) in [5, 5.41) is 0. The number of ether oxygens (including phenoxy) is 3. The zero-order chi connectivity index (χ0) is 19.3. The molecule has 0 unspecified atom stereocenters. The van der Waals surface area contributed by atoms with Gasteiger partial charge in [-0.1, -0.05) is 36.4 Å². The van der Waals surface area contributed by atoms with Gasteiger partial charge in [0.2, 0.25) is 5.90 Å². The number of carbonyl (C=O) groups excluding carboxylic acids is 1. The number of cyclic esters (lactones) is 1. The van der Waals surface area contributed by atoms with Crippen molar-refractivity contribution in [3.63, 3.8) is 0 Å². The highest BCUT2D eigenvalue weighted by Crippen LogP contribution is 2.59. The van der Waals surface area contributed by atoms with Crippen LogP contribution in [0.25, 0.3) is 0 Å². The zero-order valence-corrected chi connectivity index (χ0v) is 15.8. The van der Waals surface area contributed by atoms with Crippen LogP contribution >= 0.6 is 0 Å². The highest BCUT2D eigenvalue weighted by atomic mass is 16.6. The van der Waals surface area contributed by atoms with Crippen molar-refractivity contribution in [2.75, 3.05) is 14.2 Å². The van der Waals surface area contributed by atoms with Gasteiger partial charge in [-0.05, 0) is 42.2 Å². The number of fused-ring (bicyclic) bond motifs is 3. The van der Waals surface area contributed by atoms with Crippen molar-refractivity contribution in [3.8, 4) is 11.5 Å². The highest BCUT2D eigenvalue weighted by molar-refractivity contribution is 6.09. The molecule has 0 amide bonds. The van der Waals surface area contributed by atoms with E-state index in [0.717, 1.165) is 17.5 Å². The minimum atomic E-state index is -0.913. The lowest BCUT2D eigenvalue weighted by Gasteiger charge is -2.33. The predicted molar refractivity (Wildman–Crippen MR) is 105 cm³/mol. The van der Waals surface area contributed by atoms with Crippen molar-refractivity contribution in [2.24, 2.45) is 16.8 Å².